The largest absolute Gasteiger partial charge is 0.299 e. The number of hydrogen-bond acceptors (Lipinski definition) is 4. The average molecular weight is 446 g/mol. The number of rotatable bonds is 3. The fourth-order valence-electron chi connectivity index (χ4n) is 1.65. The number of hydrogen-bond donors (Lipinski definition) is 0. The van der Waals surface area contributed by atoms with E-state index in [-0.39, 0.29) is 17.5 Å². The predicted octanol–water partition coefficient (Wildman–Crippen LogP) is 5.40. The van der Waals surface area contributed by atoms with Gasteiger partial charge in [0, 0.05) is 5.56 Å². The minimum absolute atomic E-state index is 0.163. The first kappa shape index (κ1) is 19.7. The Bertz CT molecular complexity index is 733. The van der Waals surface area contributed by atoms with Crippen molar-refractivity contribution in [3.8, 4) is 11.4 Å². The molecule has 10 heteroatoms. The Morgan fingerprint density at radius 3 is 1.71 bits per heavy atom. The van der Waals surface area contributed by atoms with Crippen LogP contribution in [0.25, 0.3) is 17.5 Å². The zero-order valence-electron chi connectivity index (χ0n) is 11.6. The summed E-state index contributed by atoms with van der Waals surface area (Å²) in [5, 5.41) is 0. The van der Waals surface area contributed by atoms with Crippen LogP contribution in [0.5, 0.6) is 0 Å². The second-order valence-electron chi connectivity index (χ2n) is 4.42. The maximum Gasteiger partial charge on any atom is 0.250 e. The van der Waals surface area contributed by atoms with Gasteiger partial charge in [0.1, 0.15) is 6.29 Å². The van der Waals surface area contributed by atoms with Crippen molar-refractivity contribution in [2.45, 2.75) is 7.59 Å². The van der Waals surface area contributed by atoms with E-state index in [4.69, 9.17) is 69.6 Å². The molecule has 0 aliphatic heterocycles. The van der Waals surface area contributed by atoms with Gasteiger partial charge < -0.3 is 0 Å². The van der Waals surface area contributed by atoms with Gasteiger partial charge in [-0.15, -0.1) is 0 Å². The van der Waals surface area contributed by atoms with Crippen LogP contribution in [0.2, 0.25) is 0 Å². The maximum absolute atomic E-state index is 10.3. The molecule has 0 aliphatic rings. The Kier molecular flexibility index (Phi) is 6.35. The molecule has 0 amide bonds. The fourth-order valence-corrected chi connectivity index (χ4v) is 2.16. The van der Waals surface area contributed by atoms with Crippen LogP contribution in [0, 0.1) is 0 Å². The van der Waals surface area contributed by atoms with Gasteiger partial charge in [0.05, 0.1) is 0 Å². The van der Waals surface area contributed by atoms with Gasteiger partial charge in [-0.25, -0.2) is 15.0 Å². The molecule has 0 radical (unpaired) electrons. The standard InChI is InChI=1S/C14H7Cl6N3O/c15-13(16,17)11-21-10(22-12(23-11)14(18,19)20)9-5-3-8(4-6-9)2-1-7-24/h1-7H/b2-1+. The molecule has 2 aromatic rings. The molecule has 0 fully saturated rings. The van der Waals surface area contributed by atoms with Crippen molar-refractivity contribution < 1.29 is 4.79 Å². The summed E-state index contributed by atoms with van der Waals surface area (Å²) >= 11 is 35.0. The van der Waals surface area contributed by atoms with E-state index < -0.39 is 7.59 Å². The van der Waals surface area contributed by atoms with Crippen molar-refractivity contribution in [3.05, 3.63) is 47.6 Å². The second-order valence-corrected chi connectivity index (χ2v) is 8.98. The van der Waals surface area contributed by atoms with Gasteiger partial charge >= 0.3 is 0 Å². The lowest BCUT2D eigenvalue weighted by molar-refractivity contribution is -0.104. The Hall–Kier alpha value is -0.620. The molecule has 2 rings (SSSR count). The molecule has 1 aromatic carbocycles. The van der Waals surface area contributed by atoms with Gasteiger partial charge in [0.2, 0.25) is 7.59 Å². The topological polar surface area (TPSA) is 55.7 Å². The van der Waals surface area contributed by atoms with Crippen LogP contribution in [-0.4, -0.2) is 21.2 Å². The Balaban J connectivity index is 2.53. The SMILES string of the molecule is O=C/C=C/c1ccc(-c2nc(C(Cl)(Cl)Cl)nc(C(Cl)(Cl)Cl)n2)cc1. The lowest BCUT2D eigenvalue weighted by Gasteiger charge is -2.15. The second kappa shape index (κ2) is 7.73. The summed E-state index contributed by atoms with van der Waals surface area (Å²) in [6.45, 7) is 0. The highest BCUT2D eigenvalue weighted by atomic mass is 35.6. The van der Waals surface area contributed by atoms with Gasteiger partial charge in [-0.05, 0) is 11.6 Å². The molecular weight excluding hydrogens is 439 g/mol. The van der Waals surface area contributed by atoms with Crippen molar-refractivity contribution in [3.63, 3.8) is 0 Å². The van der Waals surface area contributed by atoms with Gasteiger partial charge in [-0.1, -0.05) is 99.9 Å². The number of aldehydes is 1. The number of nitrogens with zero attached hydrogens (tertiary/aromatic N) is 3. The zero-order valence-corrected chi connectivity index (χ0v) is 16.1. The van der Waals surface area contributed by atoms with Crippen LogP contribution in [0.3, 0.4) is 0 Å². The maximum atomic E-state index is 10.3. The van der Waals surface area contributed by atoms with Crippen molar-refractivity contribution in [1.82, 2.24) is 15.0 Å². The molecule has 1 aromatic heterocycles. The highest BCUT2D eigenvalue weighted by Crippen LogP contribution is 2.40. The van der Waals surface area contributed by atoms with E-state index in [1.54, 1.807) is 30.3 Å². The molecule has 0 bridgehead atoms. The van der Waals surface area contributed by atoms with Crippen LogP contribution < -0.4 is 0 Å². The highest BCUT2D eigenvalue weighted by molar-refractivity contribution is 6.67. The highest BCUT2D eigenvalue weighted by Gasteiger charge is 2.33. The molecule has 0 N–H and O–H groups in total. The third-order valence-corrected chi connectivity index (χ3v) is 3.69. The van der Waals surface area contributed by atoms with Gasteiger partial charge in [0.15, 0.2) is 17.5 Å². The zero-order chi connectivity index (χ0) is 18.0. The molecule has 0 saturated carbocycles. The minimum atomic E-state index is -1.91. The van der Waals surface area contributed by atoms with Crippen molar-refractivity contribution in [1.29, 1.82) is 0 Å². The van der Waals surface area contributed by atoms with E-state index >= 15 is 0 Å². The van der Waals surface area contributed by atoms with E-state index in [9.17, 15) is 4.79 Å². The van der Waals surface area contributed by atoms with E-state index in [1.807, 2.05) is 0 Å². The first-order valence-electron chi connectivity index (χ1n) is 6.24. The van der Waals surface area contributed by atoms with E-state index in [1.165, 1.54) is 6.08 Å². The number of aromatic nitrogens is 3. The van der Waals surface area contributed by atoms with Gasteiger partial charge in [-0.3, -0.25) is 4.79 Å². The van der Waals surface area contributed by atoms with Crippen molar-refractivity contribution in [2.24, 2.45) is 0 Å². The molecule has 1 heterocycles. The van der Waals surface area contributed by atoms with Gasteiger partial charge in [-0.2, -0.15) is 0 Å². The first-order chi connectivity index (χ1) is 11.1. The van der Waals surface area contributed by atoms with Crippen LogP contribution >= 0.6 is 69.6 Å². The molecule has 0 aliphatic carbocycles. The van der Waals surface area contributed by atoms with Crippen LogP contribution in [0.15, 0.2) is 30.3 Å². The summed E-state index contributed by atoms with van der Waals surface area (Å²) in [4.78, 5) is 22.5. The number of alkyl halides is 6. The summed E-state index contributed by atoms with van der Waals surface area (Å²) in [5.74, 6) is -0.147. The predicted molar refractivity (Wildman–Crippen MR) is 98.8 cm³/mol. The molecular formula is C14H7Cl6N3O. The van der Waals surface area contributed by atoms with Crippen molar-refractivity contribution >= 4 is 82.0 Å². The molecule has 0 saturated heterocycles. The lowest BCUT2D eigenvalue weighted by atomic mass is 10.1. The smallest absolute Gasteiger partial charge is 0.250 e. The number of allylic oxidation sites excluding steroid dienone is 1. The van der Waals surface area contributed by atoms with Crippen LogP contribution in [0.1, 0.15) is 17.2 Å². The molecule has 0 spiro atoms. The Morgan fingerprint density at radius 2 is 1.29 bits per heavy atom. The fraction of sp³-hybridized carbons (Fsp3) is 0.143. The molecule has 4 nitrogen and oxygen atoms in total. The summed E-state index contributed by atoms with van der Waals surface area (Å²) in [5.41, 5.74) is 1.40. The van der Waals surface area contributed by atoms with E-state index in [0.717, 1.165) is 5.56 Å². The molecule has 24 heavy (non-hydrogen) atoms. The number of carbonyl (C=O) groups excluding carboxylic acids is 1. The third kappa shape index (κ3) is 5.19. The van der Waals surface area contributed by atoms with Crippen LogP contribution in [0.4, 0.5) is 0 Å². The Morgan fingerprint density at radius 1 is 0.792 bits per heavy atom. The molecule has 0 unspecified atom stereocenters. The summed E-state index contributed by atoms with van der Waals surface area (Å²) in [6, 6.07) is 6.93. The first-order valence-corrected chi connectivity index (χ1v) is 8.51. The third-order valence-electron chi connectivity index (χ3n) is 2.68. The van der Waals surface area contributed by atoms with Gasteiger partial charge in [0.25, 0.3) is 0 Å². The van der Waals surface area contributed by atoms with E-state index in [2.05, 4.69) is 15.0 Å². The summed E-state index contributed by atoms with van der Waals surface area (Å²) < 4.78 is -3.82. The average Bonchev–Trinajstić information content (AvgIpc) is 2.51. The number of benzene rings is 1. The monoisotopic (exact) mass is 443 g/mol. The molecule has 0 atom stereocenters. The quantitative estimate of drug-likeness (QED) is 0.360. The van der Waals surface area contributed by atoms with Crippen LogP contribution in [-0.2, 0) is 12.4 Å². The lowest BCUT2D eigenvalue weighted by Crippen LogP contribution is -2.16. The Labute approximate surface area is 167 Å². The summed E-state index contributed by atoms with van der Waals surface area (Å²) in [7, 11) is 0. The minimum Gasteiger partial charge on any atom is -0.299 e. The number of carbonyl (C=O) groups is 1. The van der Waals surface area contributed by atoms with Crippen molar-refractivity contribution in [2.75, 3.05) is 0 Å². The number of halogens is 6. The summed E-state index contributed by atoms with van der Waals surface area (Å²) in [6.07, 6.45) is 3.70. The van der Waals surface area contributed by atoms with E-state index in [0.29, 0.717) is 11.8 Å². The molecule has 126 valence electrons. The normalized spacial score (nSPS) is 12.6.